The summed E-state index contributed by atoms with van der Waals surface area (Å²) in [6.07, 6.45) is 2.70. The van der Waals surface area contributed by atoms with Crippen molar-refractivity contribution in [1.82, 2.24) is 10.2 Å². The maximum atomic E-state index is 3.47. The number of likely N-dealkylation sites (N-methyl/N-ethyl adjacent to an activating group) is 1. The lowest BCUT2D eigenvalue weighted by molar-refractivity contribution is 0.0900. The highest BCUT2D eigenvalue weighted by atomic mass is 32.2. The fraction of sp³-hybridized carbons (Fsp3) is 1.00. The first-order chi connectivity index (χ1) is 7.11. The van der Waals surface area contributed by atoms with Crippen LogP contribution in [0.25, 0.3) is 0 Å². The smallest absolute Gasteiger partial charge is 0.0238 e. The van der Waals surface area contributed by atoms with E-state index in [0.717, 1.165) is 12.1 Å². The van der Waals surface area contributed by atoms with E-state index in [-0.39, 0.29) is 0 Å². The predicted molar refractivity (Wildman–Crippen MR) is 68.5 cm³/mol. The maximum absolute atomic E-state index is 3.47. The van der Waals surface area contributed by atoms with Gasteiger partial charge in [0, 0.05) is 24.4 Å². The van der Waals surface area contributed by atoms with E-state index in [1.807, 2.05) is 0 Å². The van der Waals surface area contributed by atoms with Gasteiger partial charge in [0.05, 0.1) is 0 Å². The van der Waals surface area contributed by atoms with Gasteiger partial charge in [0.25, 0.3) is 0 Å². The summed E-state index contributed by atoms with van der Waals surface area (Å²) in [6, 6.07) is 1.54. The second-order valence-electron chi connectivity index (χ2n) is 5.64. The standard InChI is InChI=1S/C12H24N2S/c1-12(2)5-7-15-9-11(12)14(3)10-4-6-13-8-10/h10-11,13H,4-9H2,1-3H3. The molecule has 2 nitrogen and oxygen atoms in total. The topological polar surface area (TPSA) is 15.3 Å². The van der Waals surface area contributed by atoms with E-state index in [1.165, 1.54) is 37.4 Å². The number of hydrogen-bond donors (Lipinski definition) is 1. The Labute approximate surface area is 98.2 Å². The second kappa shape index (κ2) is 4.64. The summed E-state index contributed by atoms with van der Waals surface area (Å²) in [6.45, 7) is 7.27. The molecule has 1 N–H and O–H groups in total. The van der Waals surface area contributed by atoms with Crippen LogP contribution in [0.5, 0.6) is 0 Å². The van der Waals surface area contributed by atoms with Crippen LogP contribution in [0, 0.1) is 5.41 Å². The Balaban J connectivity index is 2.00. The van der Waals surface area contributed by atoms with E-state index in [9.17, 15) is 0 Å². The number of nitrogens with zero attached hydrogens (tertiary/aromatic N) is 1. The number of hydrogen-bond acceptors (Lipinski definition) is 3. The van der Waals surface area contributed by atoms with Gasteiger partial charge in [0.1, 0.15) is 0 Å². The molecule has 2 unspecified atom stereocenters. The van der Waals surface area contributed by atoms with Gasteiger partial charge in [-0.1, -0.05) is 13.8 Å². The Morgan fingerprint density at radius 1 is 1.40 bits per heavy atom. The molecular formula is C12H24N2S. The van der Waals surface area contributed by atoms with E-state index in [2.05, 4.69) is 42.9 Å². The third-order valence-electron chi connectivity index (χ3n) is 4.17. The molecule has 0 amide bonds. The lowest BCUT2D eigenvalue weighted by atomic mass is 9.81. The number of nitrogens with one attached hydrogen (secondary N) is 1. The first-order valence-electron chi connectivity index (χ1n) is 6.12. The van der Waals surface area contributed by atoms with Crippen LogP contribution in [0.3, 0.4) is 0 Å². The molecule has 0 radical (unpaired) electrons. The molecule has 0 spiro atoms. The lowest BCUT2D eigenvalue weighted by Gasteiger charge is -2.45. The Kier molecular flexibility index (Phi) is 3.63. The van der Waals surface area contributed by atoms with Crippen LogP contribution in [0.15, 0.2) is 0 Å². The lowest BCUT2D eigenvalue weighted by Crippen LogP contribution is -2.52. The van der Waals surface area contributed by atoms with Crippen LogP contribution in [0.1, 0.15) is 26.7 Å². The van der Waals surface area contributed by atoms with Crippen molar-refractivity contribution in [2.24, 2.45) is 5.41 Å². The molecule has 2 fully saturated rings. The molecule has 2 aliphatic heterocycles. The van der Waals surface area contributed by atoms with E-state index < -0.39 is 0 Å². The van der Waals surface area contributed by atoms with Crippen molar-refractivity contribution in [2.75, 3.05) is 31.6 Å². The zero-order chi connectivity index (χ0) is 10.9. The van der Waals surface area contributed by atoms with Crippen molar-refractivity contribution in [3.05, 3.63) is 0 Å². The third kappa shape index (κ3) is 2.51. The zero-order valence-electron chi connectivity index (χ0n) is 10.3. The number of thioether (sulfide) groups is 1. The largest absolute Gasteiger partial charge is 0.315 e. The molecule has 0 aromatic heterocycles. The summed E-state index contributed by atoms with van der Waals surface area (Å²) in [5.74, 6) is 2.67. The molecule has 0 aromatic rings. The molecule has 0 bridgehead atoms. The molecule has 15 heavy (non-hydrogen) atoms. The molecule has 0 aliphatic carbocycles. The Morgan fingerprint density at radius 3 is 2.80 bits per heavy atom. The number of rotatable bonds is 2. The third-order valence-corrected chi connectivity index (χ3v) is 5.21. The van der Waals surface area contributed by atoms with Gasteiger partial charge >= 0.3 is 0 Å². The van der Waals surface area contributed by atoms with E-state index in [1.54, 1.807) is 0 Å². The van der Waals surface area contributed by atoms with Crippen molar-refractivity contribution in [3.63, 3.8) is 0 Å². The predicted octanol–water partition coefficient (Wildman–Crippen LogP) is 1.81. The summed E-state index contributed by atoms with van der Waals surface area (Å²) in [7, 11) is 2.33. The van der Waals surface area contributed by atoms with Crippen LogP contribution in [0.4, 0.5) is 0 Å². The van der Waals surface area contributed by atoms with E-state index >= 15 is 0 Å². The monoisotopic (exact) mass is 228 g/mol. The van der Waals surface area contributed by atoms with Crippen LogP contribution in [-0.2, 0) is 0 Å². The first-order valence-corrected chi connectivity index (χ1v) is 7.27. The van der Waals surface area contributed by atoms with Crippen molar-refractivity contribution in [2.45, 2.75) is 38.8 Å². The fourth-order valence-electron chi connectivity index (χ4n) is 2.83. The van der Waals surface area contributed by atoms with Crippen LogP contribution in [-0.4, -0.2) is 48.6 Å². The minimum atomic E-state index is 0.503. The highest BCUT2D eigenvalue weighted by molar-refractivity contribution is 7.99. The van der Waals surface area contributed by atoms with Crippen LogP contribution < -0.4 is 5.32 Å². The molecule has 0 saturated carbocycles. The zero-order valence-corrected chi connectivity index (χ0v) is 11.1. The van der Waals surface area contributed by atoms with Gasteiger partial charge in [0.2, 0.25) is 0 Å². The molecule has 2 aliphatic rings. The highest BCUT2D eigenvalue weighted by Gasteiger charge is 2.38. The summed E-state index contributed by atoms with van der Waals surface area (Å²) in [5.41, 5.74) is 0.503. The van der Waals surface area contributed by atoms with E-state index in [0.29, 0.717) is 5.41 Å². The summed E-state index contributed by atoms with van der Waals surface area (Å²) in [4.78, 5) is 2.64. The summed E-state index contributed by atoms with van der Waals surface area (Å²) >= 11 is 2.13. The van der Waals surface area contributed by atoms with Gasteiger partial charge < -0.3 is 5.32 Å². The molecule has 3 heteroatoms. The fourth-order valence-corrected chi connectivity index (χ4v) is 4.58. The molecular weight excluding hydrogens is 204 g/mol. The summed E-state index contributed by atoms with van der Waals surface area (Å²) < 4.78 is 0. The SMILES string of the molecule is CN(C1CCNC1)C1CSCCC1(C)C. The van der Waals surface area contributed by atoms with E-state index in [4.69, 9.17) is 0 Å². The second-order valence-corrected chi connectivity index (χ2v) is 6.79. The van der Waals surface area contributed by atoms with Gasteiger partial charge in [-0.2, -0.15) is 11.8 Å². The minimum Gasteiger partial charge on any atom is -0.315 e. The Hall–Kier alpha value is 0.270. The van der Waals surface area contributed by atoms with Gasteiger partial charge in [-0.15, -0.1) is 0 Å². The summed E-state index contributed by atoms with van der Waals surface area (Å²) in [5, 5.41) is 3.47. The molecule has 2 rings (SSSR count). The van der Waals surface area contributed by atoms with Gasteiger partial charge in [-0.25, -0.2) is 0 Å². The first kappa shape index (κ1) is 11.7. The van der Waals surface area contributed by atoms with Gasteiger partial charge in [-0.3, -0.25) is 4.90 Å². The minimum absolute atomic E-state index is 0.503. The van der Waals surface area contributed by atoms with Crippen LogP contribution >= 0.6 is 11.8 Å². The average Bonchev–Trinajstić information content (AvgIpc) is 2.69. The average molecular weight is 228 g/mol. The Bertz CT molecular complexity index is 212. The Morgan fingerprint density at radius 2 is 2.20 bits per heavy atom. The van der Waals surface area contributed by atoms with Gasteiger partial charge in [-0.05, 0) is 37.6 Å². The molecule has 0 aromatic carbocycles. The van der Waals surface area contributed by atoms with Crippen molar-refractivity contribution < 1.29 is 0 Å². The quantitative estimate of drug-likeness (QED) is 0.776. The molecule has 88 valence electrons. The molecule has 2 heterocycles. The maximum Gasteiger partial charge on any atom is 0.0238 e. The van der Waals surface area contributed by atoms with Gasteiger partial charge in [0.15, 0.2) is 0 Å². The molecule has 2 saturated heterocycles. The van der Waals surface area contributed by atoms with Crippen molar-refractivity contribution in [3.8, 4) is 0 Å². The molecule has 2 atom stereocenters. The van der Waals surface area contributed by atoms with Crippen LogP contribution in [0.2, 0.25) is 0 Å². The van der Waals surface area contributed by atoms with Crippen molar-refractivity contribution >= 4 is 11.8 Å². The van der Waals surface area contributed by atoms with Crippen molar-refractivity contribution in [1.29, 1.82) is 0 Å². The normalized spacial score (nSPS) is 36.0. The highest BCUT2D eigenvalue weighted by Crippen LogP contribution is 2.37.